The molecule has 0 atom stereocenters. The summed E-state index contributed by atoms with van der Waals surface area (Å²) in [5.41, 5.74) is 2.31. The lowest BCUT2D eigenvalue weighted by molar-refractivity contribution is 0.602. The van der Waals surface area contributed by atoms with Gasteiger partial charge < -0.3 is 10.6 Å². The third kappa shape index (κ3) is 6.88. The largest absolute Gasteiger partial charge is 0.357 e. The van der Waals surface area contributed by atoms with E-state index in [-0.39, 0.29) is 0 Å². The summed E-state index contributed by atoms with van der Waals surface area (Å²) in [6, 6.07) is 17.3. The fourth-order valence-corrected chi connectivity index (χ4v) is 3.13. The molecule has 0 saturated heterocycles. The number of benzene rings is 2. The zero-order valence-electron chi connectivity index (χ0n) is 15.4. The molecule has 2 N–H and O–H groups in total. The number of aryl methyl sites for hydroxylation is 1. The summed E-state index contributed by atoms with van der Waals surface area (Å²) < 4.78 is 23.0. The highest BCUT2D eigenvalue weighted by atomic mass is 32.2. The van der Waals surface area contributed by atoms with Crippen LogP contribution in [-0.4, -0.2) is 33.7 Å². The number of nitrogens with zero attached hydrogens (tertiary/aromatic N) is 1. The van der Waals surface area contributed by atoms with E-state index in [1.54, 1.807) is 24.3 Å². The van der Waals surface area contributed by atoms with Gasteiger partial charge in [-0.2, -0.15) is 0 Å². The second kappa shape index (κ2) is 9.97. The summed E-state index contributed by atoms with van der Waals surface area (Å²) in [4.78, 5) is 4.89. The van der Waals surface area contributed by atoms with E-state index in [2.05, 4.69) is 39.9 Å². The number of sulfone groups is 1. The lowest BCUT2D eigenvalue weighted by atomic mass is 10.1. The predicted octanol–water partition coefficient (Wildman–Crippen LogP) is 2.78. The molecule has 0 saturated carbocycles. The number of guanidine groups is 1. The third-order valence-electron chi connectivity index (χ3n) is 3.89. The Morgan fingerprint density at radius 1 is 0.962 bits per heavy atom. The molecule has 0 fully saturated rings. The van der Waals surface area contributed by atoms with Crippen molar-refractivity contribution in [3.8, 4) is 0 Å². The molecule has 0 spiro atoms. The molecule has 140 valence electrons. The van der Waals surface area contributed by atoms with Crippen LogP contribution in [0.5, 0.6) is 0 Å². The summed E-state index contributed by atoms with van der Waals surface area (Å²) in [7, 11) is -3.16. The van der Waals surface area contributed by atoms with Gasteiger partial charge in [-0.05, 0) is 43.0 Å². The first-order valence-corrected chi connectivity index (χ1v) is 10.7. The Labute approximate surface area is 156 Å². The van der Waals surface area contributed by atoms with E-state index < -0.39 is 9.84 Å². The molecule has 0 aliphatic rings. The SMILES string of the molecule is CCNC(=NCc1ccc(S(C)(=O)=O)cc1)NCCCc1ccccc1. The van der Waals surface area contributed by atoms with Crippen molar-refractivity contribution in [2.24, 2.45) is 4.99 Å². The summed E-state index contributed by atoms with van der Waals surface area (Å²) in [5, 5.41) is 6.57. The summed E-state index contributed by atoms with van der Waals surface area (Å²) in [6.45, 7) is 4.16. The summed E-state index contributed by atoms with van der Waals surface area (Å²) >= 11 is 0. The van der Waals surface area contributed by atoms with Gasteiger partial charge in [-0.1, -0.05) is 42.5 Å². The Morgan fingerprint density at radius 2 is 1.65 bits per heavy atom. The predicted molar refractivity (Wildman–Crippen MR) is 107 cm³/mol. The normalized spacial score (nSPS) is 12.0. The molecule has 0 heterocycles. The minimum absolute atomic E-state index is 0.330. The molecule has 2 aromatic rings. The quantitative estimate of drug-likeness (QED) is 0.424. The Morgan fingerprint density at radius 3 is 2.27 bits per heavy atom. The van der Waals surface area contributed by atoms with Gasteiger partial charge >= 0.3 is 0 Å². The zero-order valence-corrected chi connectivity index (χ0v) is 16.2. The maximum atomic E-state index is 11.5. The molecule has 0 unspecified atom stereocenters. The van der Waals surface area contributed by atoms with Crippen molar-refractivity contribution in [1.82, 2.24) is 10.6 Å². The fourth-order valence-electron chi connectivity index (χ4n) is 2.50. The van der Waals surface area contributed by atoms with E-state index in [0.717, 1.165) is 37.5 Å². The zero-order chi connectivity index (χ0) is 18.8. The molecule has 26 heavy (non-hydrogen) atoms. The van der Waals surface area contributed by atoms with Crippen LogP contribution in [0.15, 0.2) is 64.5 Å². The number of rotatable bonds is 8. The van der Waals surface area contributed by atoms with Crippen molar-refractivity contribution >= 4 is 15.8 Å². The molecular formula is C20H27N3O2S. The van der Waals surface area contributed by atoms with Crippen LogP contribution in [0.25, 0.3) is 0 Å². The molecule has 0 aliphatic heterocycles. The highest BCUT2D eigenvalue weighted by Gasteiger charge is 2.06. The van der Waals surface area contributed by atoms with Gasteiger partial charge in [0.25, 0.3) is 0 Å². The van der Waals surface area contributed by atoms with Gasteiger partial charge in [-0.3, -0.25) is 0 Å². The lowest BCUT2D eigenvalue weighted by Gasteiger charge is -2.11. The minimum Gasteiger partial charge on any atom is -0.357 e. The molecular weight excluding hydrogens is 346 g/mol. The van der Waals surface area contributed by atoms with E-state index >= 15 is 0 Å². The summed E-state index contributed by atoms with van der Waals surface area (Å²) in [5.74, 6) is 0.771. The Hall–Kier alpha value is -2.34. The first kappa shape index (κ1) is 20.0. The van der Waals surface area contributed by atoms with Gasteiger partial charge in [0.1, 0.15) is 0 Å². The smallest absolute Gasteiger partial charge is 0.191 e. The standard InChI is InChI=1S/C20H27N3O2S/c1-3-21-20(22-15-7-10-17-8-5-4-6-9-17)23-16-18-11-13-19(14-12-18)26(2,24)25/h4-6,8-9,11-14H,3,7,10,15-16H2,1-2H3,(H2,21,22,23). The van der Waals surface area contributed by atoms with Crippen LogP contribution in [-0.2, 0) is 22.8 Å². The van der Waals surface area contributed by atoms with Gasteiger partial charge in [0.05, 0.1) is 11.4 Å². The molecule has 6 heteroatoms. The third-order valence-corrected chi connectivity index (χ3v) is 5.02. The van der Waals surface area contributed by atoms with Crippen molar-refractivity contribution in [2.45, 2.75) is 31.2 Å². The molecule has 2 aromatic carbocycles. The first-order valence-electron chi connectivity index (χ1n) is 8.84. The minimum atomic E-state index is -3.16. The van der Waals surface area contributed by atoms with E-state index in [0.29, 0.717) is 11.4 Å². The van der Waals surface area contributed by atoms with Crippen LogP contribution < -0.4 is 10.6 Å². The monoisotopic (exact) mass is 373 g/mol. The Bertz CT molecular complexity index is 801. The average molecular weight is 374 g/mol. The van der Waals surface area contributed by atoms with E-state index in [9.17, 15) is 8.42 Å². The van der Waals surface area contributed by atoms with Gasteiger partial charge in [-0.15, -0.1) is 0 Å². The van der Waals surface area contributed by atoms with Gasteiger partial charge in [0.15, 0.2) is 15.8 Å². The van der Waals surface area contributed by atoms with Crippen molar-refractivity contribution in [1.29, 1.82) is 0 Å². The van der Waals surface area contributed by atoms with Crippen LogP contribution in [0.2, 0.25) is 0 Å². The number of aliphatic imine (C=N–C) groups is 1. The highest BCUT2D eigenvalue weighted by molar-refractivity contribution is 7.90. The van der Waals surface area contributed by atoms with Gasteiger partial charge in [-0.25, -0.2) is 13.4 Å². The average Bonchev–Trinajstić information content (AvgIpc) is 2.63. The number of hydrogen-bond donors (Lipinski definition) is 2. The second-order valence-electron chi connectivity index (χ2n) is 6.13. The van der Waals surface area contributed by atoms with E-state index in [1.807, 2.05) is 13.0 Å². The van der Waals surface area contributed by atoms with Crippen LogP contribution in [0.3, 0.4) is 0 Å². The Balaban J connectivity index is 1.85. The van der Waals surface area contributed by atoms with Crippen molar-refractivity contribution in [2.75, 3.05) is 19.3 Å². The molecule has 5 nitrogen and oxygen atoms in total. The molecule has 0 aliphatic carbocycles. The van der Waals surface area contributed by atoms with Crippen LogP contribution in [0.4, 0.5) is 0 Å². The maximum Gasteiger partial charge on any atom is 0.191 e. The van der Waals surface area contributed by atoms with Crippen LogP contribution in [0, 0.1) is 0 Å². The van der Waals surface area contributed by atoms with E-state index in [1.165, 1.54) is 11.8 Å². The van der Waals surface area contributed by atoms with Crippen molar-refractivity contribution < 1.29 is 8.42 Å². The van der Waals surface area contributed by atoms with Gasteiger partial charge in [0, 0.05) is 19.3 Å². The second-order valence-corrected chi connectivity index (χ2v) is 8.14. The highest BCUT2D eigenvalue weighted by Crippen LogP contribution is 2.11. The molecule has 0 aromatic heterocycles. The maximum absolute atomic E-state index is 11.5. The van der Waals surface area contributed by atoms with Crippen molar-refractivity contribution in [3.05, 3.63) is 65.7 Å². The molecule has 0 amide bonds. The van der Waals surface area contributed by atoms with Crippen LogP contribution >= 0.6 is 0 Å². The molecule has 2 rings (SSSR count). The summed E-state index contributed by atoms with van der Waals surface area (Å²) in [6.07, 6.45) is 3.26. The number of hydrogen-bond acceptors (Lipinski definition) is 3. The van der Waals surface area contributed by atoms with Crippen molar-refractivity contribution in [3.63, 3.8) is 0 Å². The first-order chi connectivity index (χ1) is 12.5. The topological polar surface area (TPSA) is 70.6 Å². The number of nitrogens with one attached hydrogen (secondary N) is 2. The Kier molecular flexibility index (Phi) is 7.66. The fraction of sp³-hybridized carbons (Fsp3) is 0.350. The van der Waals surface area contributed by atoms with Crippen LogP contribution in [0.1, 0.15) is 24.5 Å². The van der Waals surface area contributed by atoms with E-state index in [4.69, 9.17) is 0 Å². The lowest BCUT2D eigenvalue weighted by Crippen LogP contribution is -2.37. The molecule has 0 radical (unpaired) electrons. The van der Waals surface area contributed by atoms with Gasteiger partial charge in [0.2, 0.25) is 0 Å². The molecule has 0 bridgehead atoms.